The van der Waals surface area contributed by atoms with Gasteiger partial charge in [0.15, 0.2) is 17.6 Å². The van der Waals surface area contributed by atoms with E-state index >= 15 is 0 Å². The molecule has 0 radical (unpaired) electrons. The zero-order valence-corrected chi connectivity index (χ0v) is 15.4. The normalized spacial score (nSPS) is 18.5. The molecule has 0 spiro atoms. The van der Waals surface area contributed by atoms with Gasteiger partial charge in [-0.2, -0.15) is 0 Å². The maximum atomic E-state index is 13.5. The molecule has 0 saturated carbocycles. The summed E-state index contributed by atoms with van der Waals surface area (Å²) in [6.07, 6.45) is 2.09. The number of amides is 1. The maximum Gasteiger partial charge on any atom is 0.243 e. The fourth-order valence-corrected chi connectivity index (χ4v) is 2.53. The summed E-state index contributed by atoms with van der Waals surface area (Å²) >= 11 is 0. The highest BCUT2D eigenvalue weighted by molar-refractivity contribution is 5.85. The van der Waals surface area contributed by atoms with Gasteiger partial charge in [0, 0.05) is 27.2 Å². The molecule has 1 aliphatic heterocycles. The number of rotatable bonds is 6. The lowest BCUT2D eigenvalue weighted by atomic mass is 10.1. The van der Waals surface area contributed by atoms with Crippen LogP contribution in [0.1, 0.15) is 31.4 Å². The Hall–Kier alpha value is -2.22. The molecule has 1 aliphatic rings. The number of benzene rings is 1. The van der Waals surface area contributed by atoms with Crippen LogP contribution in [0.2, 0.25) is 0 Å². The van der Waals surface area contributed by atoms with Crippen molar-refractivity contribution in [3.63, 3.8) is 0 Å². The van der Waals surface area contributed by atoms with Gasteiger partial charge in [0.25, 0.3) is 0 Å². The Morgan fingerprint density at radius 1 is 1.38 bits per heavy atom. The first-order valence-corrected chi connectivity index (χ1v) is 8.68. The second kappa shape index (κ2) is 9.47. The van der Waals surface area contributed by atoms with Crippen molar-refractivity contribution in [2.75, 3.05) is 33.8 Å². The first-order chi connectivity index (χ1) is 12.4. The monoisotopic (exact) mass is 368 g/mol. The number of hydrogen-bond donors (Lipinski definition) is 2. The molecular formula is C18H26F2N4O2. The number of halogens is 2. The number of carbonyl (C=O) groups is 1. The summed E-state index contributed by atoms with van der Waals surface area (Å²) in [5.41, 5.74) is 0.578. The van der Waals surface area contributed by atoms with E-state index in [4.69, 9.17) is 4.74 Å². The second-order valence-corrected chi connectivity index (χ2v) is 6.51. The molecule has 2 rings (SSSR count). The van der Waals surface area contributed by atoms with Gasteiger partial charge in [0.05, 0.1) is 12.1 Å². The number of carbonyl (C=O) groups excluding carboxylic acids is 1. The minimum Gasteiger partial charge on any atom is -0.376 e. The molecule has 1 amide bonds. The Kier molecular flexibility index (Phi) is 7.32. The number of guanidine groups is 1. The number of likely N-dealkylation sites (N-methyl/N-ethyl adjacent to an activating group) is 1. The number of aliphatic imine (C=N–C) groups is 1. The Labute approximate surface area is 152 Å². The molecule has 26 heavy (non-hydrogen) atoms. The van der Waals surface area contributed by atoms with Gasteiger partial charge in [0.1, 0.15) is 6.54 Å². The molecule has 0 aromatic heterocycles. The van der Waals surface area contributed by atoms with E-state index in [9.17, 15) is 13.6 Å². The van der Waals surface area contributed by atoms with Crippen LogP contribution in [0, 0.1) is 11.6 Å². The second-order valence-electron chi connectivity index (χ2n) is 6.51. The zero-order chi connectivity index (χ0) is 19.1. The highest BCUT2D eigenvalue weighted by Gasteiger charge is 2.17. The molecule has 1 heterocycles. The molecule has 1 aromatic rings. The average Bonchev–Trinajstić information content (AvgIpc) is 3.12. The van der Waals surface area contributed by atoms with Crippen molar-refractivity contribution in [1.82, 2.24) is 15.5 Å². The summed E-state index contributed by atoms with van der Waals surface area (Å²) in [7, 11) is 3.32. The predicted molar refractivity (Wildman–Crippen MR) is 95.9 cm³/mol. The van der Waals surface area contributed by atoms with E-state index in [0.717, 1.165) is 31.6 Å². The van der Waals surface area contributed by atoms with Gasteiger partial charge < -0.3 is 20.3 Å². The molecule has 144 valence electrons. The quantitative estimate of drug-likeness (QED) is 0.594. The van der Waals surface area contributed by atoms with Crippen LogP contribution in [0.3, 0.4) is 0 Å². The zero-order valence-electron chi connectivity index (χ0n) is 15.4. The Bertz CT molecular complexity index is 646. The van der Waals surface area contributed by atoms with Crippen molar-refractivity contribution in [2.45, 2.75) is 31.9 Å². The van der Waals surface area contributed by atoms with E-state index < -0.39 is 11.6 Å². The van der Waals surface area contributed by atoms with E-state index in [0.29, 0.717) is 18.1 Å². The predicted octanol–water partition coefficient (Wildman–Crippen LogP) is 1.83. The summed E-state index contributed by atoms with van der Waals surface area (Å²) in [4.78, 5) is 17.5. The van der Waals surface area contributed by atoms with Gasteiger partial charge in [-0.25, -0.2) is 13.8 Å². The molecule has 1 aromatic carbocycles. The van der Waals surface area contributed by atoms with Crippen molar-refractivity contribution < 1.29 is 18.3 Å². The summed E-state index contributed by atoms with van der Waals surface area (Å²) in [6.45, 7) is 3.10. The minimum atomic E-state index is -0.898. The lowest BCUT2D eigenvalue weighted by Crippen LogP contribution is -2.42. The van der Waals surface area contributed by atoms with Gasteiger partial charge in [-0.1, -0.05) is 6.07 Å². The van der Waals surface area contributed by atoms with Gasteiger partial charge in [0.2, 0.25) is 5.91 Å². The van der Waals surface area contributed by atoms with Crippen LogP contribution in [0.5, 0.6) is 0 Å². The Morgan fingerprint density at radius 2 is 2.15 bits per heavy atom. The lowest BCUT2D eigenvalue weighted by Gasteiger charge is -2.20. The smallest absolute Gasteiger partial charge is 0.243 e. The molecule has 1 fully saturated rings. The molecule has 2 N–H and O–H groups in total. The number of ether oxygens (including phenoxy) is 1. The molecule has 8 heteroatoms. The van der Waals surface area contributed by atoms with Crippen molar-refractivity contribution in [3.8, 4) is 0 Å². The van der Waals surface area contributed by atoms with Crippen LogP contribution in [-0.2, 0) is 9.53 Å². The van der Waals surface area contributed by atoms with Crippen molar-refractivity contribution >= 4 is 11.9 Å². The van der Waals surface area contributed by atoms with Crippen molar-refractivity contribution in [2.24, 2.45) is 4.99 Å². The van der Waals surface area contributed by atoms with Gasteiger partial charge in [-0.05, 0) is 37.5 Å². The third-order valence-electron chi connectivity index (χ3n) is 4.19. The van der Waals surface area contributed by atoms with Crippen LogP contribution >= 0.6 is 0 Å². The third-order valence-corrected chi connectivity index (χ3v) is 4.19. The van der Waals surface area contributed by atoms with E-state index in [2.05, 4.69) is 15.6 Å². The third kappa shape index (κ3) is 5.94. The summed E-state index contributed by atoms with van der Waals surface area (Å²) in [5.74, 6) is -1.50. The highest BCUT2D eigenvalue weighted by atomic mass is 19.2. The highest BCUT2D eigenvalue weighted by Crippen LogP contribution is 2.16. The summed E-state index contributed by atoms with van der Waals surface area (Å²) < 4.78 is 32.1. The van der Waals surface area contributed by atoms with Crippen LogP contribution < -0.4 is 10.6 Å². The van der Waals surface area contributed by atoms with Crippen molar-refractivity contribution in [1.29, 1.82) is 0 Å². The average molecular weight is 368 g/mol. The molecule has 0 bridgehead atoms. The molecule has 0 aliphatic carbocycles. The fraction of sp³-hybridized carbons (Fsp3) is 0.556. The Balaban J connectivity index is 2.03. The topological polar surface area (TPSA) is 66.0 Å². The van der Waals surface area contributed by atoms with E-state index in [-0.39, 0.29) is 24.6 Å². The van der Waals surface area contributed by atoms with Gasteiger partial charge >= 0.3 is 0 Å². The van der Waals surface area contributed by atoms with E-state index in [1.54, 1.807) is 14.1 Å². The molecule has 1 saturated heterocycles. The standard InChI is InChI=1S/C18H26F2N4O2/c1-12(13-6-7-15(19)16(20)9-13)23-18(22-11-17(25)24(2)3)21-10-14-5-4-8-26-14/h6-7,9,12,14H,4-5,8,10-11H2,1-3H3,(H2,21,22,23). The summed E-state index contributed by atoms with van der Waals surface area (Å²) in [5, 5.41) is 6.28. The maximum absolute atomic E-state index is 13.5. The molecule has 6 nitrogen and oxygen atoms in total. The van der Waals surface area contributed by atoms with Gasteiger partial charge in [-0.3, -0.25) is 4.79 Å². The number of hydrogen-bond acceptors (Lipinski definition) is 3. The molecule has 2 atom stereocenters. The number of nitrogens with zero attached hydrogens (tertiary/aromatic N) is 2. The van der Waals surface area contributed by atoms with Crippen LogP contribution in [0.15, 0.2) is 23.2 Å². The first kappa shape index (κ1) is 20.1. The SMILES string of the molecule is CC(NC(=NCC(=O)N(C)C)NCC1CCCO1)c1ccc(F)c(F)c1. The van der Waals surface area contributed by atoms with Crippen molar-refractivity contribution in [3.05, 3.63) is 35.4 Å². The van der Waals surface area contributed by atoms with Crippen LogP contribution in [0.4, 0.5) is 8.78 Å². The molecular weight excluding hydrogens is 342 g/mol. The largest absolute Gasteiger partial charge is 0.376 e. The number of nitrogens with one attached hydrogen (secondary N) is 2. The lowest BCUT2D eigenvalue weighted by molar-refractivity contribution is -0.127. The van der Waals surface area contributed by atoms with E-state index in [1.807, 2.05) is 6.92 Å². The van der Waals surface area contributed by atoms with Crippen LogP contribution in [-0.4, -0.2) is 56.7 Å². The minimum absolute atomic E-state index is 0.0155. The molecule has 2 unspecified atom stereocenters. The fourth-order valence-electron chi connectivity index (χ4n) is 2.53. The summed E-state index contributed by atoms with van der Waals surface area (Å²) in [6, 6.07) is 3.43. The first-order valence-electron chi connectivity index (χ1n) is 8.68. The van der Waals surface area contributed by atoms with Gasteiger partial charge in [-0.15, -0.1) is 0 Å². The van der Waals surface area contributed by atoms with Crippen LogP contribution in [0.25, 0.3) is 0 Å². The Morgan fingerprint density at radius 3 is 2.77 bits per heavy atom. The van der Waals surface area contributed by atoms with E-state index in [1.165, 1.54) is 11.0 Å².